The second-order valence-corrected chi connectivity index (χ2v) is 2.53. The number of rotatable bonds is 4. The van der Waals surface area contributed by atoms with E-state index in [0.717, 1.165) is 0 Å². The normalized spacial score (nSPS) is 27.9. The maximum Gasteiger partial charge on any atom is 0.373 e. The molecule has 0 aromatic carbocycles. The van der Waals surface area contributed by atoms with E-state index in [9.17, 15) is 4.79 Å². The van der Waals surface area contributed by atoms with Crippen molar-refractivity contribution in [2.45, 2.75) is 19.7 Å². The number of carboxylic acids is 1. The van der Waals surface area contributed by atoms with Gasteiger partial charge in [0.2, 0.25) is 0 Å². The van der Waals surface area contributed by atoms with Gasteiger partial charge in [-0.2, -0.15) is 0 Å². The second kappa shape index (κ2) is 4.64. The fourth-order valence-electron chi connectivity index (χ4n) is 1.17. The summed E-state index contributed by atoms with van der Waals surface area (Å²) >= 11 is 0. The largest absolute Gasteiger partial charge is 0.477 e. The van der Waals surface area contributed by atoms with E-state index in [0.29, 0.717) is 13.1 Å². The first-order chi connectivity index (χ1) is 6.67. The van der Waals surface area contributed by atoms with Crippen molar-refractivity contribution >= 4 is 5.97 Å². The van der Waals surface area contributed by atoms with Gasteiger partial charge in [-0.25, -0.2) is 9.69 Å². The molecule has 1 saturated heterocycles. The number of carbonyl (C=O) groups is 1. The molecule has 0 spiro atoms. The van der Waals surface area contributed by atoms with E-state index in [1.165, 1.54) is 4.90 Å². The van der Waals surface area contributed by atoms with Gasteiger partial charge in [-0.05, 0) is 23.2 Å². The minimum atomic E-state index is -1.87. The van der Waals surface area contributed by atoms with Gasteiger partial charge in [0.25, 0.3) is 0 Å². The van der Waals surface area contributed by atoms with Crippen molar-refractivity contribution in [3.63, 3.8) is 0 Å². The molecule has 0 bridgehead atoms. The van der Waals surface area contributed by atoms with Crippen molar-refractivity contribution < 1.29 is 29.9 Å². The quantitative estimate of drug-likeness (QED) is 0.592. The molecule has 0 radical (unpaired) electrons. The highest BCUT2D eigenvalue weighted by Crippen LogP contribution is 2.18. The zero-order valence-corrected chi connectivity index (χ0v) is 7.85. The van der Waals surface area contributed by atoms with Crippen LogP contribution in [0.4, 0.5) is 0 Å². The zero-order chi connectivity index (χ0) is 10.6. The first kappa shape index (κ1) is 11.3. The fourth-order valence-corrected chi connectivity index (χ4v) is 1.17. The van der Waals surface area contributed by atoms with Crippen LogP contribution in [0.25, 0.3) is 0 Å². The molecule has 0 aromatic rings. The van der Waals surface area contributed by atoms with Gasteiger partial charge in [0.15, 0.2) is 0 Å². The molecule has 0 saturated carbocycles. The molecular weight excluding hydrogens is 196 g/mol. The number of hydroxylamine groups is 1. The molecular formula is C6H12N2O6. The molecule has 1 aliphatic rings. The Hall–Kier alpha value is -0.770. The lowest BCUT2D eigenvalue weighted by Gasteiger charge is -2.37. The molecule has 8 nitrogen and oxygen atoms in total. The Morgan fingerprint density at radius 1 is 1.43 bits per heavy atom. The lowest BCUT2D eigenvalue weighted by Crippen LogP contribution is -2.67. The van der Waals surface area contributed by atoms with Crippen LogP contribution in [-0.4, -0.2) is 34.9 Å². The first-order valence-corrected chi connectivity index (χ1v) is 4.11. The molecule has 1 atom stereocenters. The van der Waals surface area contributed by atoms with Gasteiger partial charge in [-0.15, -0.1) is 15.4 Å². The molecule has 1 aliphatic heterocycles. The van der Waals surface area contributed by atoms with Gasteiger partial charge in [0.1, 0.15) is 0 Å². The van der Waals surface area contributed by atoms with Crippen molar-refractivity contribution in [3.8, 4) is 0 Å². The van der Waals surface area contributed by atoms with E-state index in [1.54, 1.807) is 13.8 Å². The van der Waals surface area contributed by atoms with Crippen LogP contribution >= 0.6 is 0 Å². The predicted molar refractivity (Wildman–Crippen MR) is 40.8 cm³/mol. The third kappa shape index (κ3) is 1.85. The second-order valence-electron chi connectivity index (χ2n) is 2.53. The summed E-state index contributed by atoms with van der Waals surface area (Å²) in [5, 5.41) is 16.9. The van der Waals surface area contributed by atoms with Crippen LogP contribution < -0.4 is 5.48 Å². The summed E-state index contributed by atoms with van der Waals surface area (Å²) < 4.78 is 0. The van der Waals surface area contributed by atoms with E-state index in [4.69, 9.17) is 5.11 Å². The van der Waals surface area contributed by atoms with Crippen LogP contribution in [0.2, 0.25) is 0 Å². The summed E-state index contributed by atoms with van der Waals surface area (Å²) in [6.45, 7) is 4.41. The Morgan fingerprint density at radius 3 is 2.43 bits per heavy atom. The molecule has 1 fully saturated rings. The topological polar surface area (TPSA) is 89.5 Å². The number of likely N-dealkylation sites (N-methyl/N-ethyl adjacent to an activating group) is 1. The van der Waals surface area contributed by atoms with Crippen molar-refractivity contribution in [2.24, 2.45) is 0 Å². The Kier molecular flexibility index (Phi) is 3.75. The van der Waals surface area contributed by atoms with Crippen LogP contribution in [0.5, 0.6) is 0 Å². The molecule has 8 heteroatoms. The molecule has 1 rings (SSSR count). The van der Waals surface area contributed by atoms with Crippen LogP contribution in [0, 0.1) is 0 Å². The van der Waals surface area contributed by atoms with Crippen LogP contribution in [-0.2, 0) is 24.7 Å². The van der Waals surface area contributed by atoms with E-state index in [2.05, 4.69) is 25.4 Å². The van der Waals surface area contributed by atoms with Crippen molar-refractivity contribution in [2.75, 3.05) is 13.1 Å². The minimum Gasteiger partial charge on any atom is -0.477 e. The first-order valence-electron chi connectivity index (χ1n) is 4.11. The Balaban J connectivity index is 2.83. The number of nitrogens with zero attached hydrogens (tertiary/aromatic N) is 1. The van der Waals surface area contributed by atoms with Gasteiger partial charge >= 0.3 is 11.8 Å². The fraction of sp³-hybridized carbons (Fsp3) is 0.833. The SMILES string of the molecule is CCN(CC)C1(C(=O)O)NOOOO1. The van der Waals surface area contributed by atoms with Crippen LogP contribution in [0.15, 0.2) is 0 Å². The van der Waals surface area contributed by atoms with Gasteiger partial charge in [0.05, 0.1) is 0 Å². The molecule has 1 heterocycles. The van der Waals surface area contributed by atoms with Crippen molar-refractivity contribution in [1.29, 1.82) is 0 Å². The summed E-state index contributed by atoms with van der Waals surface area (Å²) in [7, 11) is 0. The van der Waals surface area contributed by atoms with Crippen molar-refractivity contribution in [3.05, 3.63) is 0 Å². The number of aliphatic carboxylic acids is 1. The maximum absolute atomic E-state index is 11.0. The minimum absolute atomic E-state index is 0.433. The summed E-state index contributed by atoms with van der Waals surface area (Å²) in [6, 6.07) is 0. The summed E-state index contributed by atoms with van der Waals surface area (Å²) in [6.07, 6.45) is 0. The molecule has 1 unspecified atom stereocenters. The Bertz CT molecular complexity index is 200. The maximum atomic E-state index is 11.0. The predicted octanol–water partition coefficient (Wildman–Crippen LogP) is -0.604. The molecule has 0 amide bonds. The van der Waals surface area contributed by atoms with Crippen LogP contribution in [0.3, 0.4) is 0 Å². The molecule has 14 heavy (non-hydrogen) atoms. The molecule has 0 aliphatic carbocycles. The summed E-state index contributed by atoms with van der Waals surface area (Å²) in [5.41, 5.74) is 2.09. The highest BCUT2D eigenvalue weighted by atomic mass is 17.7. The van der Waals surface area contributed by atoms with E-state index in [-0.39, 0.29) is 0 Å². The Labute approximate surface area is 80.0 Å². The standard InChI is InChI=1S/C6H12N2O6/c1-3-8(4-2)6(5(9)10)7-12-14-13-11-6/h7H,3-4H2,1-2H3,(H,9,10). The lowest BCUT2D eigenvalue weighted by molar-refractivity contribution is -0.717. The summed E-state index contributed by atoms with van der Waals surface area (Å²) in [5.74, 6) is -3.16. The molecule has 0 aromatic heterocycles. The van der Waals surface area contributed by atoms with Gasteiger partial charge in [-0.3, -0.25) is 0 Å². The van der Waals surface area contributed by atoms with Gasteiger partial charge < -0.3 is 5.11 Å². The average Bonchev–Trinajstić information content (AvgIpc) is 2.21. The van der Waals surface area contributed by atoms with E-state index >= 15 is 0 Å². The number of hydrogen-bond donors (Lipinski definition) is 2. The van der Waals surface area contributed by atoms with E-state index in [1.807, 2.05) is 0 Å². The Morgan fingerprint density at radius 2 is 2.07 bits per heavy atom. The number of carboxylic acid groups (broad SMARTS) is 1. The van der Waals surface area contributed by atoms with Crippen LogP contribution in [0.1, 0.15) is 13.8 Å². The van der Waals surface area contributed by atoms with Crippen molar-refractivity contribution in [1.82, 2.24) is 10.4 Å². The number of nitrogens with one attached hydrogen (secondary N) is 1. The average molecular weight is 208 g/mol. The third-order valence-corrected chi connectivity index (χ3v) is 1.90. The smallest absolute Gasteiger partial charge is 0.373 e. The monoisotopic (exact) mass is 208 g/mol. The molecule has 2 N–H and O–H groups in total. The van der Waals surface area contributed by atoms with Gasteiger partial charge in [0, 0.05) is 0 Å². The van der Waals surface area contributed by atoms with Gasteiger partial charge in [-0.1, -0.05) is 13.8 Å². The highest BCUT2D eigenvalue weighted by molar-refractivity contribution is 5.76. The number of hydrogen-bond acceptors (Lipinski definition) is 7. The summed E-state index contributed by atoms with van der Waals surface area (Å²) in [4.78, 5) is 21.2. The highest BCUT2D eigenvalue weighted by Gasteiger charge is 2.50. The lowest BCUT2D eigenvalue weighted by atomic mass is 10.3. The molecule has 82 valence electrons. The zero-order valence-electron chi connectivity index (χ0n) is 7.85. The van der Waals surface area contributed by atoms with E-state index < -0.39 is 11.8 Å². The third-order valence-electron chi connectivity index (χ3n) is 1.90.